The minimum atomic E-state index is 0.147. The molecule has 0 aromatic carbocycles. The zero-order valence-electron chi connectivity index (χ0n) is 11.0. The van der Waals surface area contributed by atoms with Crippen LogP contribution in [0, 0.1) is 0 Å². The lowest BCUT2D eigenvalue weighted by atomic mass is 10.2. The van der Waals surface area contributed by atoms with Crippen LogP contribution in [0.3, 0.4) is 0 Å². The highest BCUT2D eigenvalue weighted by molar-refractivity contribution is 6.32. The quantitative estimate of drug-likeness (QED) is 0.607. The maximum atomic E-state index is 5.85. The van der Waals surface area contributed by atoms with E-state index < -0.39 is 0 Å². The van der Waals surface area contributed by atoms with Crippen molar-refractivity contribution in [3.8, 4) is 0 Å². The number of anilines is 4. The minimum absolute atomic E-state index is 0.147. The monoisotopic (exact) mass is 328 g/mol. The maximum absolute atomic E-state index is 5.85. The van der Waals surface area contributed by atoms with Gasteiger partial charge in [-0.2, -0.15) is 0 Å². The van der Waals surface area contributed by atoms with Crippen LogP contribution in [0.2, 0.25) is 10.3 Å². The largest absolute Gasteiger partial charge is 0.393 e. The van der Waals surface area contributed by atoms with E-state index in [4.69, 9.17) is 46.1 Å². The molecule has 10 heteroatoms. The number of nitrogens with two attached hydrogens (primary N) is 4. The van der Waals surface area contributed by atoms with Crippen LogP contribution >= 0.6 is 23.2 Å². The third-order valence-electron chi connectivity index (χ3n) is 2.75. The molecular formula is C11H14Cl2N8. The lowest BCUT2D eigenvalue weighted by molar-refractivity contribution is 0.741. The van der Waals surface area contributed by atoms with Crippen LogP contribution < -0.4 is 22.9 Å². The minimum Gasteiger partial charge on any atom is -0.393 e. The zero-order chi connectivity index (χ0) is 15.6. The molecule has 0 atom stereocenters. The van der Waals surface area contributed by atoms with Crippen LogP contribution in [0.4, 0.5) is 23.0 Å². The summed E-state index contributed by atoms with van der Waals surface area (Å²) in [5, 5.41) is 0.294. The van der Waals surface area contributed by atoms with Crippen molar-refractivity contribution in [3.63, 3.8) is 0 Å². The Morgan fingerprint density at radius 3 is 1.38 bits per heavy atom. The molecule has 0 aliphatic carbocycles. The highest BCUT2D eigenvalue weighted by Crippen LogP contribution is 2.22. The molecule has 0 saturated heterocycles. The van der Waals surface area contributed by atoms with Gasteiger partial charge in [0, 0.05) is 12.8 Å². The summed E-state index contributed by atoms with van der Waals surface area (Å²) in [6.45, 7) is 0. The number of nitrogens with zero attached hydrogens (tertiary/aromatic N) is 4. The molecule has 0 radical (unpaired) electrons. The van der Waals surface area contributed by atoms with Gasteiger partial charge in [0.05, 0.1) is 0 Å². The van der Waals surface area contributed by atoms with Crippen LogP contribution in [0.1, 0.15) is 18.1 Å². The fourth-order valence-corrected chi connectivity index (χ4v) is 2.02. The molecule has 2 rings (SSSR count). The van der Waals surface area contributed by atoms with Gasteiger partial charge in [0.15, 0.2) is 21.9 Å². The molecule has 0 bridgehead atoms. The van der Waals surface area contributed by atoms with Gasteiger partial charge in [0.25, 0.3) is 0 Å². The van der Waals surface area contributed by atoms with E-state index in [2.05, 4.69) is 19.9 Å². The standard InChI is InChI=1S/C11H14Cl2N8/c12-8-6(14)10(16)20-4(18-8)2-1-3-5-19-9(13)7(15)11(17)21-5/h1-3,14-15H2,(H2,16,18,20)(H2,17,19,21). The van der Waals surface area contributed by atoms with E-state index in [1.807, 2.05) is 0 Å². The van der Waals surface area contributed by atoms with Crippen molar-refractivity contribution in [2.24, 2.45) is 0 Å². The average Bonchev–Trinajstić information content (AvgIpc) is 2.42. The van der Waals surface area contributed by atoms with E-state index >= 15 is 0 Å². The Bertz CT molecular complexity index is 572. The molecule has 2 heterocycles. The van der Waals surface area contributed by atoms with Gasteiger partial charge in [-0.15, -0.1) is 0 Å². The Labute approximate surface area is 130 Å². The molecule has 0 aliphatic heterocycles. The average molecular weight is 329 g/mol. The number of hydrogen-bond acceptors (Lipinski definition) is 8. The zero-order valence-corrected chi connectivity index (χ0v) is 12.5. The third-order valence-corrected chi connectivity index (χ3v) is 3.33. The SMILES string of the molecule is Nc1nc(CCCc2nc(N)c(N)c(Cl)n2)nc(Cl)c1N. The second-order valence-electron chi connectivity index (χ2n) is 4.31. The van der Waals surface area contributed by atoms with E-state index in [1.54, 1.807) is 0 Å². The van der Waals surface area contributed by atoms with Gasteiger partial charge in [-0.25, -0.2) is 19.9 Å². The molecule has 2 aromatic heterocycles. The summed E-state index contributed by atoms with van der Waals surface area (Å²) < 4.78 is 0. The van der Waals surface area contributed by atoms with Crippen LogP contribution in [-0.2, 0) is 12.8 Å². The summed E-state index contributed by atoms with van der Waals surface area (Å²) in [6.07, 6.45) is 1.74. The number of rotatable bonds is 4. The van der Waals surface area contributed by atoms with E-state index in [9.17, 15) is 0 Å². The first kappa shape index (κ1) is 15.3. The number of hydrogen-bond donors (Lipinski definition) is 4. The first-order valence-corrected chi connectivity index (χ1v) is 6.78. The van der Waals surface area contributed by atoms with Gasteiger partial charge in [-0.05, 0) is 6.42 Å². The summed E-state index contributed by atoms with van der Waals surface area (Å²) in [4.78, 5) is 16.2. The lowest BCUT2D eigenvalue weighted by Gasteiger charge is -2.06. The van der Waals surface area contributed by atoms with Gasteiger partial charge in [0.2, 0.25) is 0 Å². The molecule has 0 amide bonds. The summed E-state index contributed by atoms with van der Waals surface area (Å²) in [7, 11) is 0. The summed E-state index contributed by atoms with van der Waals surface area (Å²) in [6, 6.07) is 0. The fraction of sp³-hybridized carbons (Fsp3) is 0.273. The second-order valence-corrected chi connectivity index (χ2v) is 5.03. The van der Waals surface area contributed by atoms with Gasteiger partial charge < -0.3 is 22.9 Å². The highest BCUT2D eigenvalue weighted by Gasteiger charge is 2.10. The Kier molecular flexibility index (Phi) is 4.49. The number of aromatic nitrogens is 4. The number of nitrogen functional groups attached to an aromatic ring is 4. The van der Waals surface area contributed by atoms with Gasteiger partial charge in [-0.3, -0.25) is 0 Å². The molecular weight excluding hydrogens is 315 g/mol. The van der Waals surface area contributed by atoms with Gasteiger partial charge in [0.1, 0.15) is 23.0 Å². The van der Waals surface area contributed by atoms with Crippen LogP contribution in [0.15, 0.2) is 0 Å². The molecule has 0 fully saturated rings. The van der Waals surface area contributed by atoms with Crippen molar-refractivity contribution < 1.29 is 0 Å². The molecule has 0 aliphatic rings. The van der Waals surface area contributed by atoms with E-state index in [0.717, 1.165) is 0 Å². The van der Waals surface area contributed by atoms with Crippen molar-refractivity contribution in [1.82, 2.24) is 19.9 Å². The lowest BCUT2D eigenvalue weighted by Crippen LogP contribution is -2.07. The van der Waals surface area contributed by atoms with Crippen molar-refractivity contribution in [2.75, 3.05) is 22.9 Å². The molecule has 21 heavy (non-hydrogen) atoms. The second kappa shape index (κ2) is 6.15. The van der Waals surface area contributed by atoms with Crippen molar-refractivity contribution in [3.05, 3.63) is 22.0 Å². The summed E-state index contributed by atoms with van der Waals surface area (Å²) in [5.74, 6) is 1.34. The number of halogens is 2. The topological polar surface area (TPSA) is 156 Å². The van der Waals surface area contributed by atoms with Gasteiger partial charge in [-0.1, -0.05) is 23.2 Å². The predicted octanol–water partition coefficient (Wildman–Crippen LogP) is 1.08. The predicted molar refractivity (Wildman–Crippen MR) is 83.8 cm³/mol. The highest BCUT2D eigenvalue weighted by atomic mass is 35.5. The van der Waals surface area contributed by atoms with Crippen molar-refractivity contribution >= 4 is 46.2 Å². The van der Waals surface area contributed by atoms with Crippen molar-refractivity contribution in [2.45, 2.75) is 19.3 Å². The molecule has 2 aromatic rings. The Hall–Kier alpha value is -2.06. The molecule has 0 unspecified atom stereocenters. The molecule has 8 nitrogen and oxygen atoms in total. The normalized spacial score (nSPS) is 10.8. The smallest absolute Gasteiger partial charge is 0.157 e. The van der Waals surface area contributed by atoms with E-state index in [-0.39, 0.29) is 33.3 Å². The van der Waals surface area contributed by atoms with Crippen LogP contribution in [0.5, 0.6) is 0 Å². The molecule has 112 valence electrons. The summed E-state index contributed by atoms with van der Waals surface area (Å²) in [5.41, 5.74) is 22.8. The maximum Gasteiger partial charge on any atom is 0.157 e. The Morgan fingerprint density at radius 1 is 0.667 bits per heavy atom. The Balaban J connectivity index is 2.02. The van der Waals surface area contributed by atoms with E-state index in [0.29, 0.717) is 30.9 Å². The summed E-state index contributed by atoms with van der Waals surface area (Å²) >= 11 is 11.7. The van der Waals surface area contributed by atoms with Gasteiger partial charge >= 0.3 is 0 Å². The third kappa shape index (κ3) is 3.53. The molecule has 0 spiro atoms. The van der Waals surface area contributed by atoms with Crippen LogP contribution in [-0.4, -0.2) is 19.9 Å². The number of aryl methyl sites for hydroxylation is 2. The first-order valence-electron chi connectivity index (χ1n) is 6.03. The Morgan fingerprint density at radius 2 is 1.05 bits per heavy atom. The van der Waals surface area contributed by atoms with E-state index in [1.165, 1.54) is 0 Å². The molecule has 0 saturated carbocycles. The fourth-order valence-electron chi connectivity index (χ4n) is 1.64. The first-order chi connectivity index (χ1) is 9.88. The molecule has 8 N–H and O–H groups in total. The van der Waals surface area contributed by atoms with Crippen LogP contribution in [0.25, 0.3) is 0 Å². The van der Waals surface area contributed by atoms with Crippen molar-refractivity contribution in [1.29, 1.82) is 0 Å².